The Hall–Kier alpha value is -3.05. The first-order valence-electron chi connectivity index (χ1n) is 11.4. The Morgan fingerprint density at radius 3 is 2.79 bits per heavy atom. The van der Waals surface area contributed by atoms with E-state index in [9.17, 15) is 4.79 Å². The molecule has 11 nitrogen and oxygen atoms in total. The summed E-state index contributed by atoms with van der Waals surface area (Å²) in [5.74, 6) is 1.25. The van der Waals surface area contributed by atoms with Crippen molar-refractivity contribution in [3.05, 3.63) is 18.5 Å². The molecule has 2 atom stereocenters. The third-order valence-corrected chi connectivity index (χ3v) is 6.23. The maximum atomic E-state index is 12.3. The van der Waals surface area contributed by atoms with Crippen LogP contribution >= 0.6 is 0 Å². The number of carbonyl (C=O) groups excluding carboxylic acids is 1. The average molecular weight is 456 g/mol. The van der Waals surface area contributed by atoms with Crippen LogP contribution in [-0.4, -0.2) is 76.5 Å². The smallest absolute Gasteiger partial charge is 0.249 e. The predicted octanol–water partition coefficient (Wildman–Crippen LogP) is 0.946. The van der Waals surface area contributed by atoms with E-state index in [0.29, 0.717) is 43.9 Å². The molecule has 3 fully saturated rings. The zero-order valence-electron chi connectivity index (χ0n) is 18.6. The van der Waals surface area contributed by atoms with Gasteiger partial charge in [-0.3, -0.25) is 4.79 Å². The monoisotopic (exact) mass is 455 g/mol. The molecule has 0 bridgehead atoms. The number of nitrogens with one attached hydrogen (secondary N) is 1. The fraction of sp³-hybridized carbons (Fsp3) is 0.591. The van der Waals surface area contributed by atoms with Crippen molar-refractivity contribution in [2.75, 3.05) is 37.0 Å². The first-order valence-corrected chi connectivity index (χ1v) is 11.4. The number of morpholine rings is 1. The van der Waals surface area contributed by atoms with Crippen molar-refractivity contribution < 1.29 is 19.0 Å². The van der Waals surface area contributed by atoms with Crippen molar-refractivity contribution in [3.63, 3.8) is 0 Å². The van der Waals surface area contributed by atoms with Gasteiger partial charge in [0.2, 0.25) is 23.7 Å². The summed E-state index contributed by atoms with van der Waals surface area (Å²) in [6, 6.07) is 2.03. The maximum absolute atomic E-state index is 12.3. The van der Waals surface area contributed by atoms with Gasteiger partial charge in [0, 0.05) is 56.1 Å². The number of nitrogens with zero attached hydrogens (tertiary/aromatic N) is 5. The van der Waals surface area contributed by atoms with Crippen molar-refractivity contribution in [2.24, 2.45) is 0 Å². The van der Waals surface area contributed by atoms with Crippen LogP contribution in [0.2, 0.25) is 0 Å². The highest BCUT2D eigenvalue weighted by Crippen LogP contribution is 2.30. The molecule has 2 saturated heterocycles. The number of amides is 1. The number of hydrogen-bond donors (Lipinski definition) is 2. The standard InChI is InChI=1S/C22H29N7O4/c1-13-12-31-6-4-29(13)22-27-17(14-10-24-21(23)25-11-14)9-19(28-22)33-16-7-15(8-16)26-20(30)18-3-2-5-32-18/h9-11,13,15-16,18H,2-8,12H2,1H3,(H,26,30)(H2,23,24,25)/t13-,15-,16-,18-/m0/s1. The molecule has 1 amide bonds. The van der Waals surface area contributed by atoms with Crippen LogP contribution in [0.1, 0.15) is 32.6 Å². The Labute approximate surface area is 192 Å². The van der Waals surface area contributed by atoms with Gasteiger partial charge >= 0.3 is 0 Å². The molecule has 5 rings (SSSR count). The summed E-state index contributed by atoms with van der Waals surface area (Å²) >= 11 is 0. The van der Waals surface area contributed by atoms with Crippen LogP contribution in [0.15, 0.2) is 18.5 Å². The molecule has 0 unspecified atom stereocenters. The molecule has 1 saturated carbocycles. The highest BCUT2D eigenvalue weighted by molar-refractivity contribution is 5.81. The molecule has 0 aromatic carbocycles. The summed E-state index contributed by atoms with van der Waals surface area (Å²) in [5, 5.41) is 3.06. The molecule has 2 aromatic heterocycles. The van der Waals surface area contributed by atoms with Gasteiger partial charge in [-0.25, -0.2) is 15.0 Å². The predicted molar refractivity (Wildman–Crippen MR) is 120 cm³/mol. The van der Waals surface area contributed by atoms with E-state index < -0.39 is 0 Å². The molecule has 2 aromatic rings. The lowest BCUT2D eigenvalue weighted by molar-refractivity contribution is -0.132. The third kappa shape index (κ3) is 4.98. The Kier molecular flexibility index (Phi) is 6.23. The first-order chi connectivity index (χ1) is 16.0. The van der Waals surface area contributed by atoms with Gasteiger partial charge in [-0.15, -0.1) is 0 Å². The van der Waals surface area contributed by atoms with E-state index >= 15 is 0 Å². The highest BCUT2D eigenvalue weighted by Gasteiger charge is 2.35. The third-order valence-electron chi connectivity index (χ3n) is 6.23. The van der Waals surface area contributed by atoms with Crippen LogP contribution in [-0.2, 0) is 14.3 Å². The van der Waals surface area contributed by atoms with Gasteiger partial charge in [0.25, 0.3) is 0 Å². The zero-order valence-corrected chi connectivity index (χ0v) is 18.6. The number of rotatable bonds is 6. The van der Waals surface area contributed by atoms with Gasteiger partial charge in [-0.2, -0.15) is 4.98 Å². The molecule has 3 aliphatic rings. The molecule has 11 heteroatoms. The minimum Gasteiger partial charge on any atom is -0.474 e. The van der Waals surface area contributed by atoms with Crippen molar-refractivity contribution in [3.8, 4) is 17.1 Å². The van der Waals surface area contributed by atoms with Crippen LogP contribution in [0.5, 0.6) is 5.88 Å². The lowest BCUT2D eigenvalue weighted by atomic mass is 9.89. The lowest BCUT2D eigenvalue weighted by Crippen LogP contribution is -2.51. The number of hydrogen-bond acceptors (Lipinski definition) is 10. The van der Waals surface area contributed by atoms with E-state index in [1.54, 1.807) is 18.5 Å². The normalized spacial score (nSPS) is 27.1. The van der Waals surface area contributed by atoms with Gasteiger partial charge in [0.05, 0.1) is 24.9 Å². The Balaban J connectivity index is 1.29. The molecular weight excluding hydrogens is 426 g/mol. The van der Waals surface area contributed by atoms with E-state index in [4.69, 9.17) is 24.9 Å². The number of ether oxygens (including phenoxy) is 3. The number of aromatic nitrogens is 4. The van der Waals surface area contributed by atoms with Crippen molar-refractivity contribution in [2.45, 2.75) is 56.9 Å². The van der Waals surface area contributed by atoms with Crippen molar-refractivity contribution in [1.82, 2.24) is 25.3 Å². The van der Waals surface area contributed by atoms with Crippen molar-refractivity contribution in [1.29, 1.82) is 0 Å². The fourth-order valence-corrected chi connectivity index (χ4v) is 4.27. The number of nitrogen functional groups attached to an aromatic ring is 1. The fourth-order valence-electron chi connectivity index (χ4n) is 4.27. The number of anilines is 2. The Morgan fingerprint density at radius 1 is 1.24 bits per heavy atom. The molecule has 0 radical (unpaired) electrons. The van der Waals surface area contributed by atoms with Gasteiger partial charge in [0.15, 0.2) is 0 Å². The highest BCUT2D eigenvalue weighted by atomic mass is 16.5. The zero-order chi connectivity index (χ0) is 22.8. The second-order valence-corrected chi connectivity index (χ2v) is 8.76. The molecule has 0 spiro atoms. The van der Waals surface area contributed by atoms with Crippen LogP contribution in [0, 0.1) is 0 Å². The van der Waals surface area contributed by atoms with Gasteiger partial charge in [-0.1, -0.05) is 0 Å². The molecule has 4 heterocycles. The molecule has 176 valence electrons. The minimum atomic E-state index is -0.311. The summed E-state index contributed by atoms with van der Waals surface area (Å²) in [5.41, 5.74) is 7.03. The summed E-state index contributed by atoms with van der Waals surface area (Å²) in [6.45, 7) is 4.67. The quantitative estimate of drug-likeness (QED) is 0.647. The van der Waals surface area contributed by atoms with E-state index in [-0.39, 0.29) is 36.1 Å². The van der Waals surface area contributed by atoms with Crippen molar-refractivity contribution >= 4 is 17.8 Å². The Bertz CT molecular complexity index is 977. The van der Waals surface area contributed by atoms with Crippen LogP contribution in [0.4, 0.5) is 11.9 Å². The number of nitrogens with two attached hydrogens (primary N) is 1. The molecule has 33 heavy (non-hydrogen) atoms. The second-order valence-electron chi connectivity index (χ2n) is 8.76. The minimum absolute atomic E-state index is 0.0211. The lowest BCUT2D eigenvalue weighted by Gasteiger charge is -2.36. The van der Waals surface area contributed by atoms with E-state index in [1.165, 1.54) is 0 Å². The number of carbonyl (C=O) groups is 1. The van der Waals surface area contributed by atoms with Crippen LogP contribution in [0.25, 0.3) is 11.3 Å². The molecule has 2 aliphatic heterocycles. The van der Waals surface area contributed by atoms with Crippen LogP contribution in [0.3, 0.4) is 0 Å². The molecular formula is C22H29N7O4. The average Bonchev–Trinajstić information content (AvgIpc) is 3.33. The van der Waals surface area contributed by atoms with E-state index in [0.717, 1.165) is 31.2 Å². The largest absolute Gasteiger partial charge is 0.474 e. The van der Waals surface area contributed by atoms with E-state index in [1.807, 2.05) is 0 Å². The summed E-state index contributed by atoms with van der Waals surface area (Å²) < 4.78 is 17.2. The SMILES string of the molecule is C[C@H]1COCCN1c1nc(O[C@H]2C[C@H](NC(=O)[C@@H]3CCCO3)C2)cc(-c2cnc(N)nc2)n1. The topological polar surface area (TPSA) is 138 Å². The first kappa shape index (κ1) is 21.8. The summed E-state index contributed by atoms with van der Waals surface area (Å²) in [7, 11) is 0. The second kappa shape index (κ2) is 9.44. The van der Waals surface area contributed by atoms with Gasteiger partial charge in [0.1, 0.15) is 12.2 Å². The molecule has 3 N–H and O–H groups in total. The molecule has 1 aliphatic carbocycles. The Morgan fingerprint density at radius 2 is 2.06 bits per heavy atom. The van der Waals surface area contributed by atoms with Gasteiger partial charge < -0.3 is 30.2 Å². The van der Waals surface area contributed by atoms with E-state index in [2.05, 4.69) is 32.1 Å². The summed E-state index contributed by atoms with van der Waals surface area (Å²) in [6.07, 6.45) is 6.13. The van der Waals surface area contributed by atoms with Crippen LogP contribution < -0.4 is 20.7 Å². The maximum Gasteiger partial charge on any atom is 0.249 e. The van der Waals surface area contributed by atoms with Gasteiger partial charge in [-0.05, 0) is 19.8 Å². The summed E-state index contributed by atoms with van der Waals surface area (Å²) in [4.78, 5) is 32.0.